The highest BCUT2D eigenvalue weighted by Gasteiger charge is 2.20. The lowest BCUT2D eigenvalue weighted by molar-refractivity contribution is 0.382. The number of hydrogen-bond donors (Lipinski definition) is 1. The normalized spacial score (nSPS) is 21.5. The SMILES string of the molecule is C=Cc1ccncc1[C@H]1CCN1. The Morgan fingerprint density at radius 3 is 3.08 bits per heavy atom. The highest BCUT2D eigenvalue weighted by atomic mass is 15.0. The van der Waals surface area contributed by atoms with Crippen LogP contribution in [0.1, 0.15) is 23.6 Å². The molecule has 2 heterocycles. The molecule has 1 atom stereocenters. The number of aromatic nitrogens is 1. The van der Waals surface area contributed by atoms with E-state index in [-0.39, 0.29) is 0 Å². The molecule has 0 radical (unpaired) electrons. The molecule has 0 unspecified atom stereocenters. The first-order valence-electron chi connectivity index (χ1n) is 4.21. The predicted octanol–water partition coefficient (Wildman–Crippen LogP) is 1.76. The summed E-state index contributed by atoms with van der Waals surface area (Å²) in [4.78, 5) is 4.11. The van der Waals surface area contributed by atoms with Crippen LogP contribution in [0.25, 0.3) is 6.08 Å². The molecule has 0 aromatic carbocycles. The number of nitrogens with one attached hydrogen (secondary N) is 1. The third-order valence-electron chi connectivity index (χ3n) is 2.31. The highest BCUT2D eigenvalue weighted by Crippen LogP contribution is 2.25. The molecule has 0 saturated carbocycles. The lowest BCUT2D eigenvalue weighted by Crippen LogP contribution is -2.35. The Kier molecular flexibility index (Phi) is 1.92. The van der Waals surface area contributed by atoms with E-state index in [1.54, 1.807) is 6.20 Å². The fraction of sp³-hybridized carbons (Fsp3) is 0.300. The van der Waals surface area contributed by atoms with Crippen molar-refractivity contribution in [2.24, 2.45) is 0 Å². The van der Waals surface area contributed by atoms with Crippen LogP contribution in [0.3, 0.4) is 0 Å². The second-order valence-corrected chi connectivity index (χ2v) is 3.00. The number of nitrogens with zero attached hydrogens (tertiary/aromatic N) is 1. The van der Waals surface area contributed by atoms with Gasteiger partial charge in [-0.25, -0.2) is 0 Å². The number of hydrogen-bond acceptors (Lipinski definition) is 2. The van der Waals surface area contributed by atoms with Gasteiger partial charge in [0.2, 0.25) is 0 Å². The van der Waals surface area contributed by atoms with Gasteiger partial charge in [-0.3, -0.25) is 4.98 Å². The van der Waals surface area contributed by atoms with Gasteiger partial charge in [-0.15, -0.1) is 0 Å². The molecular weight excluding hydrogens is 148 g/mol. The molecular formula is C10H12N2. The molecule has 1 saturated heterocycles. The highest BCUT2D eigenvalue weighted by molar-refractivity contribution is 5.51. The average Bonchev–Trinajstić information content (AvgIpc) is 2.02. The standard InChI is InChI=1S/C10H12N2/c1-2-8-3-5-11-7-9(8)10-4-6-12-10/h2-3,5,7,10,12H,1,4,6H2/t10-/m1/s1. The molecule has 12 heavy (non-hydrogen) atoms. The minimum absolute atomic E-state index is 0.506. The van der Waals surface area contributed by atoms with Gasteiger partial charge >= 0.3 is 0 Å². The van der Waals surface area contributed by atoms with Crippen LogP contribution >= 0.6 is 0 Å². The monoisotopic (exact) mass is 160 g/mol. The second-order valence-electron chi connectivity index (χ2n) is 3.00. The van der Waals surface area contributed by atoms with Crippen LogP contribution in [-0.4, -0.2) is 11.5 Å². The van der Waals surface area contributed by atoms with Gasteiger partial charge in [-0.2, -0.15) is 0 Å². The minimum Gasteiger partial charge on any atom is -0.310 e. The minimum atomic E-state index is 0.506. The zero-order valence-corrected chi connectivity index (χ0v) is 6.96. The molecule has 2 heteroatoms. The van der Waals surface area contributed by atoms with E-state index in [4.69, 9.17) is 0 Å². The zero-order chi connectivity index (χ0) is 8.39. The summed E-state index contributed by atoms with van der Waals surface area (Å²) in [5.41, 5.74) is 2.47. The van der Waals surface area contributed by atoms with E-state index >= 15 is 0 Å². The molecule has 1 aromatic rings. The lowest BCUT2D eigenvalue weighted by Gasteiger charge is -2.28. The predicted molar refractivity (Wildman–Crippen MR) is 49.7 cm³/mol. The maximum absolute atomic E-state index is 4.11. The average molecular weight is 160 g/mol. The first-order valence-corrected chi connectivity index (χ1v) is 4.21. The maximum Gasteiger partial charge on any atom is 0.0353 e. The fourth-order valence-corrected chi connectivity index (χ4v) is 1.45. The van der Waals surface area contributed by atoms with Crippen molar-refractivity contribution in [1.82, 2.24) is 10.3 Å². The van der Waals surface area contributed by atoms with Crippen molar-refractivity contribution in [1.29, 1.82) is 0 Å². The molecule has 2 rings (SSSR count). The Hall–Kier alpha value is -1.15. The zero-order valence-electron chi connectivity index (χ0n) is 6.96. The van der Waals surface area contributed by atoms with Crippen molar-refractivity contribution in [3.63, 3.8) is 0 Å². The number of rotatable bonds is 2. The van der Waals surface area contributed by atoms with Gasteiger partial charge in [0.05, 0.1) is 0 Å². The van der Waals surface area contributed by atoms with Crippen LogP contribution in [0.2, 0.25) is 0 Å². The molecule has 1 fully saturated rings. The van der Waals surface area contributed by atoms with Crippen LogP contribution in [-0.2, 0) is 0 Å². The molecule has 1 aliphatic heterocycles. The van der Waals surface area contributed by atoms with Crippen molar-refractivity contribution in [3.8, 4) is 0 Å². The van der Waals surface area contributed by atoms with Gasteiger partial charge in [-0.05, 0) is 30.2 Å². The second kappa shape index (κ2) is 3.07. The molecule has 0 spiro atoms. The van der Waals surface area contributed by atoms with Gasteiger partial charge in [0, 0.05) is 18.4 Å². The molecule has 2 nitrogen and oxygen atoms in total. The van der Waals surface area contributed by atoms with Crippen LogP contribution in [0.5, 0.6) is 0 Å². The van der Waals surface area contributed by atoms with Crippen LogP contribution in [0.4, 0.5) is 0 Å². The third-order valence-corrected chi connectivity index (χ3v) is 2.31. The van der Waals surface area contributed by atoms with Crippen LogP contribution in [0.15, 0.2) is 25.0 Å². The Morgan fingerprint density at radius 2 is 2.50 bits per heavy atom. The van der Waals surface area contributed by atoms with Gasteiger partial charge in [-0.1, -0.05) is 12.7 Å². The topological polar surface area (TPSA) is 24.9 Å². The Morgan fingerprint density at radius 1 is 1.67 bits per heavy atom. The van der Waals surface area contributed by atoms with E-state index < -0.39 is 0 Å². The Balaban J connectivity index is 2.33. The molecule has 1 aromatic heterocycles. The van der Waals surface area contributed by atoms with Crippen molar-refractivity contribution in [3.05, 3.63) is 36.2 Å². The van der Waals surface area contributed by atoms with Gasteiger partial charge in [0.15, 0.2) is 0 Å². The molecule has 0 aliphatic carbocycles. The summed E-state index contributed by atoms with van der Waals surface area (Å²) >= 11 is 0. The largest absolute Gasteiger partial charge is 0.310 e. The third kappa shape index (κ3) is 1.14. The Bertz CT molecular complexity index is 290. The van der Waals surface area contributed by atoms with Crippen LogP contribution < -0.4 is 5.32 Å². The van der Waals surface area contributed by atoms with E-state index in [0.29, 0.717) is 6.04 Å². The van der Waals surface area contributed by atoms with E-state index in [1.807, 2.05) is 18.3 Å². The molecule has 0 amide bonds. The summed E-state index contributed by atoms with van der Waals surface area (Å²) in [5.74, 6) is 0. The van der Waals surface area contributed by atoms with Gasteiger partial charge in [0.25, 0.3) is 0 Å². The van der Waals surface area contributed by atoms with Crippen molar-refractivity contribution < 1.29 is 0 Å². The Labute approximate surface area is 72.3 Å². The lowest BCUT2D eigenvalue weighted by atomic mass is 9.95. The number of pyridine rings is 1. The summed E-state index contributed by atoms with van der Waals surface area (Å²) in [6, 6.07) is 2.51. The molecule has 62 valence electrons. The summed E-state index contributed by atoms with van der Waals surface area (Å²) in [7, 11) is 0. The van der Waals surface area contributed by atoms with E-state index in [1.165, 1.54) is 17.5 Å². The summed E-state index contributed by atoms with van der Waals surface area (Å²) in [5, 5.41) is 3.35. The maximum atomic E-state index is 4.11. The summed E-state index contributed by atoms with van der Waals surface area (Å²) in [6.07, 6.45) is 6.83. The van der Waals surface area contributed by atoms with E-state index in [2.05, 4.69) is 16.9 Å². The van der Waals surface area contributed by atoms with E-state index in [9.17, 15) is 0 Å². The fourth-order valence-electron chi connectivity index (χ4n) is 1.45. The van der Waals surface area contributed by atoms with Gasteiger partial charge in [0.1, 0.15) is 0 Å². The van der Waals surface area contributed by atoms with Crippen molar-refractivity contribution in [2.75, 3.05) is 6.54 Å². The van der Waals surface area contributed by atoms with Crippen molar-refractivity contribution >= 4 is 6.08 Å². The van der Waals surface area contributed by atoms with Gasteiger partial charge < -0.3 is 5.32 Å². The van der Waals surface area contributed by atoms with E-state index in [0.717, 1.165) is 6.54 Å². The molecule has 0 bridgehead atoms. The quantitative estimate of drug-likeness (QED) is 0.713. The summed E-state index contributed by atoms with van der Waals surface area (Å²) in [6.45, 7) is 4.90. The van der Waals surface area contributed by atoms with Crippen LogP contribution in [0, 0.1) is 0 Å². The first kappa shape index (κ1) is 7.50. The summed E-state index contributed by atoms with van der Waals surface area (Å²) < 4.78 is 0. The smallest absolute Gasteiger partial charge is 0.0353 e. The molecule has 1 aliphatic rings. The van der Waals surface area contributed by atoms with Crippen molar-refractivity contribution in [2.45, 2.75) is 12.5 Å². The first-order chi connectivity index (χ1) is 5.92. The molecule has 1 N–H and O–H groups in total.